The summed E-state index contributed by atoms with van der Waals surface area (Å²) in [5.41, 5.74) is 0. The highest BCUT2D eigenvalue weighted by Gasteiger charge is 2.27. The Balaban J connectivity index is 4.10. The fraction of sp³-hybridized carbons (Fsp3) is 0.765. The number of hydrogen-bond acceptors (Lipinski definition) is 7. The maximum atomic E-state index is 12.9. The fourth-order valence-electron chi connectivity index (χ4n) is 8.96. The Kier molecular flexibility index (Phi) is 56.7. The molecule has 0 aliphatic rings. The monoisotopic (exact) mass is 1110 g/mol. The third-order valence-electron chi connectivity index (χ3n) is 13.9. The van der Waals surface area contributed by atoms with Crippen LogP contribution in [0.3, 0.4) is 0 Å². The minimum atomic E-state index is -4.39. The maximum absolute atomic E-state index is 12.9. The van der Waals surface area contributed by atoms with Gasteiger partial charge >= 0.3 is 19.8 Å². The zero-order chi connectivity index (χ0) is 57.0. The quantitative estimate of drug-likeness (QED) is 0.0211. The summed E-state index contributed by atoms with van der Waals surface area (Å²) in [6.07, 6.45) is 79.5. The molecule has 0 rings (SSSR count). The summed E-state index contributed by atoms with van der Waals surface area (Å²) in [6.45, 7) is 4.33. The molecule has 78 heavy (non-hydrogen) atoms. The molecule has 0 spiro atoms. The van der Waals surface area contributed by atoms with E-state index in [1.54, 1.807) is 0 Å². The number of hydrogen-bond donors (Lipinski definition) is 1. The van der Waals surface area contributed by atoms with Crippen molar-refractivity contribution in [1.29, 1.82) is 0 Å². The molecule has 9 nitrogen and oxygen atoms in total. The van der Waals surface area contributed by atoms with Gasteiger partial charge in [0.25, 0.3) is 0 Å². The molecule has 0 aromatic rings. The lowest BCUT2D eigenvalue weighted by Gasteiger charge is -2.24. The number of carbonyl (C=O) groups is 2. The second-order valence-electron chi connectivity index (χ2n) is 22.8. The predicted octanol–water partition coefficient (Wildman–Crippen LogP) is 20.6. The van der Waals surface area contributed by atoms with Gasteiger partial charge in [-0.2, -0.15) is 0 Å². The van der Waals surface area contributed by atoms with Crippen molar-refractivity contribution in [3.8, 4) is 0 Å². The lowest BCUT2D eigenvalue weighted by Crippen LogP contribution is -2.37. The number of quaternary nitrogens is 1. The van der Waals surface area contributed by atoms with Gasteiger partial charge in [-0.05, 0) is 89.9 Å². The van der Waals surface area contributed by atoms with Crippen LogP contribution in [0.5, 0.6) is 0 Å². The van der Waals surface area contributed by atoms with E-state index in [9.17, 15) is 19.0 Å². The van der Waals surface area contributed by atoms with Gasteiger partial charge in [-0.25, -0.2) is 4.57 Å². The van der Waals surface area contributed by atoms with E-state index in [0.29, 0.717) is 17.4 Å². The summed E-state index contributed by atoms with van der Waals surface area (Å²) in [4.78, 5) is 35.8. The van der Waals surface area contributed by atoms with Crippen LogP contribution < -0.4 is 0 Å². The Morgan fingerprint density at radius 3 is 1.09 bits per heavy atom. The van der Waals surface area contributed by atoms with Crippen molar-refractivity contribution in [2.75, 3.05) is 47.5 Å². The molecule has 2 atom stereocenters. The molecule has 1 N–H and O–H groups in total. The van der Waals surface area contributed by atoms with E-state index < -0.39 is 26.5 Å². The van der Waals surface area contributed by atoms with Crippen LogP contribution in [0, 0.1) is 0 Å². The molecule has 0 aromatic heterocycles. The van der Waals surface area contributed by atoms with E-state index in [-0.39, 0.29) is 32.0 Å². The SMILES string of the molecule is CC/C=C\C/C=C\C/C=C\C/C=C\CCCCCCCCCCCCCCCCC(=O)OC(COC(=O)CCCCCCCCCCCCCC/C=C\C/C=C\C/C=C\CCCCCCC)COP(=O)(O)OCC[N+](C)(C)C. The lowest BCUT2D eigenvalue weighted by molar-refractivity contribution is -0.870. The lowest BCUT2D eigenvalue weighted by atomic mass is 10.0. The van der Waals surface area contributed by atoms with Gasteiger partial charge in [0, 0.05) is 12.8 Å². The van der Waals surface area contributed by atoms with Crippen molar-refractivity contribution >= 4 is 19.8 Å². The van der Waals surface area contributed by atoms with Gasteiger partial charge in [-0.15, -0.1) is 0 Å². The van der Waals surface area contributed by atoms with Crippen LogP contribution in [0.1, 0.15) is 284 Å². The van der Waals surface area contributed by atoms with E-state index in [2.05, 4.69) is 98.9 Å². The van der Waals surface area contributed by atoms with Crippen LogP contribution in [-0.4, -0.2) is 74.9 Å². The highest BCUT2D eigenvalue weighted by atomic mass is 31.2. The van der Waals surface area contributed by atoms with Crippen molar-refractivity contribution in [3.05, 3.63) is 85.1 Å². The number of phosphoric acid groups is 1. The number of esters is 2. The van der Waals surface area contributed by atoms with E-state index in [1.165, 1.54) is 173 Å². The third-order valence-corrected chi connectivity index (χ3v) is 14.9. The largest absolute Gasteiger partial charge is 0.472 e. The average Bonchev–Trinajstić information content (AvgIpc) is 3.41. The van der Waals surface area contributed by atoms with Gasteiger partial charge in [0.1, 0.15) is 19.8 Å². The van der Waals surface area contributed by atoms with E-state index >= 15 is 0 Å². The Hall–Kier alpha value is -2.81. The van der Waals surface area contributed by atoms with Crippen molar-refractivity contribution in [2.24, 2.45) is 0 Å². The summed E-state index contributed by atoms with van der Waals surface area (Å²) in [5, 5.41) is 0. The molecule has 0 saturated carbocycles. The Morgan fingerprint density at radius 2 is 0.731 bits per heavy atom. The van der Waals surface area contributed by atoms with Crippen molar-refractivity contribution < 1.29 is 42.1 Å². The summed E-state index contributed by atoms with van der Waals surface area (Å²) in [7, 11) is 1.48. The molecule has 0 bridgehead atoms. The first-order valence-electron chi connectivity index (χ1n) is 32.3. The van der Waals surface area contributed by atoms with Crippen LogP contribution in [0.4, 0.5) is 0 Å². The van der Waals surface area contributed by atoms with Gasteiger partial charge in [0.15, 0.2) is 6.10 Å². The molecule has 0 radical (unpaired) electrons. The van der Waals surface area contributed by atoms with Gasteiger partial charge in [-0.3, -0.25) is 18.6 Å². The number of phosphoric ester groups is 1. The number of ether oxygens (including phenoxy) is 2. The summed E-state index contributed by atoms with van der Waals surface area (Å²) < 4.78 is 34.7. The number of unbranched alkanes of at least 4 members (excludes halogenated alkanes) is 31. The molecular weight excluding hydrogens is 990 g/mol. The van der Waals surface area contributed by atoms with Gasteiger partial charge in [0.2, 0.25) is 0 Å². The van der Waals surface area contributed by atoms with E-state index in [4.69, 9.17) is 18.5 Å². The first-order valence-corrected chi connectivity index (χ1v) is 33.8. The normalized spacial score (nSPS) is 13.8. The molecule has 0 aliphatic heterocycles. The van der Waals surface area contributed by atoms with E-state index in [1.807, 2.05) is 21.1 Å². The molecule has 0 amide bonds. The minimum absolute atomic E-state index is 0.0290. The molecule has 0 aromatic carbocycles. The minimum Gasteiger partial charge on any atom is -0.462 e. The first kappa shape index (κ1) is 75.2. The third kappa shape index (κ3) is 62.4. The molecule has 0 heterocycles. The Morgan fingerprint density at radius 1 is 0.410 bits per heavy atom. The molecule has 0 aliphatic carbocycles. The first-order chi connectivity index (χ1) is 38.0. The average molecular weight is 1110 g/mol. The second kappa shape index (κ2) is 58.8. The topological polar surface area (TPSA) is 108 Å². The molecular formula is C68H123NO8P+. The number of rotatable bonds is 59. The van der Waals surface area contributed by atoms with Crippen molar-refractivity contribution in [1.82, 2.24) is 0 Å². The molecule has 10 heteroatoms. The highest BCUT2D eigenvalue weighted by Crippen LogP contribution is 2.43. The van der Waals surface area contributed by atoms with Gasteiger partial charge in [-0.1, -0.05) is 266 Å². The zero-order valence-corrected chi connectivity index (χ0v) is 52.3. The van der Waals surface area contributed by atoms with Crippen molar-refractivity contribution in [2.45, 2.75) is 290 Å². The van der Waals surface area contributed by atoms with Gasteiger partial charge in [0.05, 0.1) is 27.7 Å². The predicted molar refractivity (Wildman–Crippen MR) is 335 cm³/mol. The fourth-order valence-corrected chi connectivity index (χ4v) is 9.70. The summed E-state index contributed by atoms with van der Waals surface area (Å²) in [5.74, 6) is -0.794. The van der Waals surface area contributed by atoms with Crippen LogP contribution in [0.15, 0.2) is 85.1 Å². The van der Waals surface area contributed by atoms with Crippen LogP contribution >= 0.6 is 7.82 Å². The molecule has 2 unspecified atom stereocenters. The Labute approximate surface area is 481 Å². The van der Waals surface area contributed by atoms with E-state index in [0.717, 1.165) is 77.0 Å². The van der Waals surface area contributed by atoms with Crippen molar-refractivity contribution in [3.63, 3.8) is 0 Å². The van der Waals surface area contributed by atoms with Gasteiger partial charge < -0.3 is 18.9 Å². The van der Waals surface area contributed by atoms with Crippen LogP contribution in [0.25, 0.3) is 0 Å². The number of nitrogens with zero attached hydrogens (tertiary/aromatic N) is 1. The molecule has 0 fully saturated rings. The number of carbonyl (C=O) groups excluding carboxylic acids is 2. The second-order valence-corrected chi connectivity index (χ2v) is 24.2. The molecule has 452 valence electrons. The summed E-state index contributed by atoms with van der Waals surface area (Å²) >= 11 is 0. The number of likely N-dealkylation sites (N-methyl/N-ethyl adjacent to an activating group) is 1. The standard InChI is InChI=1S/C68H122NO8P/c1-6-8-10-12-14-16-18-20-22-24-26-28-30-32-34-36-38-40-42-44-46-48-50-52-54-56-58-60-67(70)74-64-66(65-76-78(72,73)75-63-62-69(3,4)5)77-68(71)61-59-57-55-53-51-49-47-45-43-41-39-37-35-33-31-29-27-25-23-21-19-17-15-13-11-9-7-2/h9,11,15,17-18,20-21,23-24,26-27,29-30,32,66H,6-8,10,12-14,16,19,22,25,28,31,33-65H2,1-5H3/p+1/b11-9-,17-15-,20-18-,23-21-,26-24-,29-27-,32-30-. The zero-order valence-electron chi connectivity index (χ0n) is 51.4. The van der Waals surface area contributed by atoms with Crippen LogP contribution in [-0.2, 0) is 32.7 Å². The van der Waals surface area contributed by atoms with Crippen LogP contribution in [0.2, 0.25) is 0 Å². The number of allylic oxidation sites excluding steroid dienone is 14. The highest BCUT2D eigenvalue weighted by molar-refractivity contribution is 7.47. The Bertz CT molecular complexity index is 1590. The maximum Gasteiger partial charge on any atom is 0.472 e. The molecule has 0 saturated heterocycles. The smallest absolute Gasteiger partial charge is 0.462 e. The summed E-state index contributed by atoms with van der Waals surface area (Å²) in [6, 6.07) is 0.